The van der Waals surface area contributed by atoms with E-state index in [4.69, 9.17) is 5.11 Å². The molecule has 0 atom stereocenters. The van der Waals surface area contributed by atoms with E-state index in [1.54, 1.807) is 0 Å². The maximum atomic E-state index is 10.6. The van der Waals surface area contributed by atoms with E-state index < -0.39 is 5.97 Å². The minimum Gasteiger partial charge on any atom is -0.481 e. The second kappa shape index (κ2) is 19.8. The zero-order chi connectivity index (χ0) is 18.6. The van der Waals surface area contributed by atoms with Crippen LogP contribution >= 0.6 is 0 Å². The van der Waals surface area contributed by atoms with E-state index in [2.05, 4.69) is 18.7 Å². The first-order valence-corrected chi connectivity index (χ1v) is 11.1. The molecule has 0 saturated carbocycles. The van der Waals surface area contributed by atoms with Crippen LogP contribution in [0.5, 0.6) is 0 Å². The third-order valence-corrected chi connectivity index (χ3v) is 5.02. The fourth-order valence-corrected chi connectivity index (χ4v) is 3.36. The average Bonchev–Trinajstić information content (AvgIpc) is 2.59. The number of hydrogen-bond acceptors (Lipinski definition) is 2. The summed E-state index contributed by atoms with van der Waals surface area (Å²) in [5.41, 5.74) is 0. The van der Waals surface area contributed by atoms with E-state index in [1.165, 1.54) is 90.1 Å². The van der Waals surface area contributed by atoms with E-state index in [1.807, 2.05) is 0 Å². The van der Waals surface area contributed by atoms with Gasteiger partial charge in [0.15, 0.2) is 0 Å². The van der Waals surface area contributed by atoms with Crippen LogP contribution < -0.4 is 0 Å². The van der Waals surface area contributed by atoms with Crippen LogP contribution in [0.3, 0.4) is 0 Å². The highest BCUT2D eigenvalue weighted by molar-refractivity contribution is 5.66. The Morgan fingerprint density at radius 2 is 0.960 bits per heavy atom. The normalized spacial score (nSPS) is 11.3. The van der Waals surface area contributed by atoms with Crippen LogP contribution in [0, 0.1) is 0 Å². The first kappa shape index (κ1) is 24.4. The predicted octanol–water partition coefficient (Wildman–Crippen LogP) is 6.65. The van der Waals surface area contributed by atoms with Crippen molar-refractivity contribution >= 4 is 5.97 Å². The van der Waals surface area contributed by atoms with Crippen molar-refractivity contribution < 1.29 is 9.90 Å². The number of carboxylic acids is 1. The molecule has 0 radical (unpaired) electrons. The maximum Gasteiger partial charge on any atom is 0.303 e. The molecule has 0 aromatic heterocycles. The molecule has 25 heavy (non-hydrogen) atoms. The average molecular weight is 356 g/mol. The second-order valence-corrected chi connectivity index (χ2v) is 7.58. The molecule has 0 unspecified atom stereocenters. The first-order valence-electron chi connectivity index (χ1n) is 11.1. The Labute approximate surface area is 157 Å². The summed E-state index contributed by atoms with van der Waals surface area (Å²) in [6.45, 7) is 8.17. The predicted molar refractivity (Wildman–Crippen MR) is 109 cm³/mol. The molecule has 0 aromatic carbocycles. The lowest BCUT2D eigenvalue weighted by atomic mass is 10.1. The number of carboxylic acid groups (broad SMARTS) is 1. The Balaban J connectivity index is 3.81. The van der Waals surface area contributed by atoms with Gasteiger partial charge in [0.1, 0.15) is 0 Å². The highest BCUT2D eigenvalue weighted by Crippen LogP contribution is 2.10. The van der Waals surface area contributed by atoms with Crippen LogP contribution in [-0.4, -0.2) is 35.6 Å². The number of rotatable bonds is 20. The van der Waals surface area contributed by atoms with Gasteiger partial charge in [-0.15, -0.1) is 0 Å². The minimum absolute atomic E-state index is 0.328. The molecule has 0 aliphatic carbocycles. The molecule has 0 spiro atoms. The standard InChI is InChI=1S/C22H45NO2/c1-3-5-7-9-11-15-19-23(20-16-12-10-8-6-4-2)21-17-13-14-18-22(24)25/h3-21H2,1-2H3,(H,24,25). The number of unbranched alkanes of at least 4 members (excludes halogenated alkanes) is 12. The van der Waals surface area contributed by atoms with Crippen LogP contribution in [0.15, 0.2) is 0 Å². The van der Waals surface area contributed by atoms with Gasteiger partial charge in [-0.25, -0.2) is 0 Å². The molecule has 0 rings (SSSR count). The van der Waals surface area contributed by atoms with Gasteiger partial charge < -0.3 is 10.0 Å². The quantitative estimate of drug-likeness (QED) is 0.248. The number of carbonyl (C=O) groups is 1. The molecule has 0 saturated heterocycles. The van der Waals surface area contributed by atoms with Crippen LogP contribution in [0.1, 0.15) is 117 Å². The fraction of sp³-hybridized carbons (Fsp3) is 0.955. The van der Waals surface area contributed by atoms with Gasteiger partial charge in [0.05, 0.1) is 0 Å². The lowest BCUT2D eigenvalue weighted by molar-refractivity contribution is -0.137. The Kier molecular flexibility index (Phi) is 19.3. The Morgan fingerprint density at radius 1 is 0.600 bits per heavy atom. The Morgan fingerprint density at radius 3 is 1.36 bits per heavy atom. The van der Waals surface area contributed by atoms with Crippen LogP contribution in [0.25, 0.3) is 0 Å². The zero-order valence-electron chi connectivity index (χ0n) is 17.2. The fourth-order valence-electron chi connectivity index (χ4n) is 3.36. The van der Waals surface area contributed by atoms with Gasteiger partial charge in [-0.3, -0.25) is 4.79 Å². The Bertz CT molecular complexity index is 265. The molecule has 0 fully saturated rings. The maximum absolute atomic E-state index is 10.6. The van der Waals surface area contributed by atoms with E-state index in [0.29, 0.717) is 6.42 Å². The monoisotopic (exact) mass is 355 g/mol. The van der Waals surface area contributed by atoms with Crippen molar-refractivity contribution in [3.05, 3.63) is 0 Å². The van der Waals surface area contributed by atoms with Gasteiger partial charge in [0.2, 0.25) is 0 Å². The third-order valence-electron chi connectivity index (χ3n) is 5.02. The summed E-state index contributed by atoms with van der Waals surface area (Å²) in [6, 6.07) is 0. The summed E-state index contributed by atoms with van der Waals surface area (Å²) in [6.07, 6.45) is 19.7. The number of nitrogens with zero attached hydrogens (tertiary/aromatic N) is 1. The van der Waals surface area contributed by atoms with Gasteiger partial charge in [-0.05, 0) is 45.3 Å². The van der Waals surface area contributed by atoms with Crippen molar-refractivity contribution in [3.63, 3.8) is 0 Å². The van der Waals surface area contributed by atoms with E-state index >= 15 is 0 Å². The molecule has 150 valence electrons. The van der Waals surface area contributed by atoms with Crippen molar-refractivity contribution in [2.24, 2.45) is 0 Å². The molecule has 0 amide bonds. The molecule has 0 aromatic rings. The summed E-state index contributed by atoms with van der Waals surface area (Å²) < 4.78 is 0. The number of aliphatic carboxylic acids is 1. The van der Waals surface area contributed by atoms with Gasteiger partial charge in [-0.1, -0.05) is 84.5 Å². The van der Waals surface area contributed by atoms with E-state index in [0.717, 1.165) is 25.8 Å². The molecular formula is C22H45NO2. The highest BCUT2D eigenvalue weighted by Gasteiger charge is 2.05. The van der Waals surface area contributed by atoms with Gasteiger partial charge in [0, 0.05) is 6.42 Å². The van der Waals surface area contributed by atoms with Crippen molar-refractivity contribution in [2.75, 3.05) is 19.6 Å². The summed E-state index contributed by atoms with van der Waals surface area (Å²) in [5.74, 6) is -0.656. The molecule has 1 N–H and O–H groups in total. The second-order valence-electron chi connectivity index (χ2n) is 7.58. The molecule has 3 nitrogen and oxygen atoms in total. The van der Waals surface area contributed by atoms with Crippen LogP contribution in [0.2, 0.25) is 0 Å². The lowest BCUT2D eigenvalue weighted by Gasteiger charge is -2.22. The van der Waals surface area contributed by atoms with Gasteiger partial charge >= 0.3 is 5.97 Å². The van der Waals surface area contributed by atoms with Gasteiger partial charge in [-0.2, -0.15) is 0 Å². The van der Waals surface area contributed by atoms with E-state index in [-0.39, 0.29) is 0 Å². The van der Waals surface area contributed by atoms with Crippen molar-refractivity contribution in [1.29, 1.82) is 0 Å². The minimum atomic E-state index is -0.656. The molecular weight excluding hydrogens is 310 g/mol. The topological polar surface area (TPSA) is 40.5 Å². The zero-order valence-corrected chi connectivity index (χ0v) is 17.2. The highest BCUT2D eigenvalue weighted by atomic mass is 16.4. The molecule has 3 heteroatoms. The summed E-state index contributed by atoms with van der Waals surface area (Å²) in [7, 11) is 0. The van der Waals surface area contributed by atoms with Crippen molar-refractivity contribution in [1.82, 2.24) is 4.90 Å². The molecule has 0 aliphatic rings. The van der Waals surface area contributed by atoms with Gasteiger partial charge in [0.25, 0.3) is 0 Å². The summed E-state index contributed by atoms with van der Waals surface area (Å²) >= 11 is 0. The van der Waals surface area contributed by atoms with Crippen LogP contribution in [0.4, 0.5) is 0 Å². The van der Waals surface area contributed by atoms with Crippen molar-refractivity contribution in [3.8, 4) is 0 Å². The summed E-state index contributed by atoms with van der Waals surface area (Å²) in [4.78, 5) is 13.2. The molecule has 0 aliphatic heterocycles. The van der Waals surface area contributed by atoms with E-state index in [9.17, 15) is 4.79 Å². The molecule has 0 bridgehead atoms. The lowest BCUT2D eigenvalue weighted by Crippen LogP contribution is -2.27. The molecule has 0 heterocycles. The van der Waals surface area contributed by atoms with Crippen molar-refractivity contribution in [2.45, 2.75) is 117 Å². The van der Waals surface area contributed by atoms with Crippen LogP contribution in [-0.2, 0) is 4.79 Å². The Hall–Kier alpha value is -0.570. The largest absolute Gasteiger partial charge is 0.481 e. The first-order chi connectivity index (χ1) is 12.2. The summed E-state index contributed by atoms with van der Waals surface area (Å²) in [5, 5.41) is 8.72. The number of hydrogen-bond donors (Lipinski definition) is 1. The smallest absolute Gasteiger partial charge is 0.303 e. The SMILES string of the molecule is CCCCCCCCN(CCCCCCCC)CCCCCC(=O)O. The third kappa shape index (κ3) is 19.6.